The van der Waals surface area contributed by atoms with E-state index in [1.165, 1.54) is 0 Å². The molecule has 1 aromatic rings. The normalized spacial score (nSPS) is 11.3. The monoisotopic (exact) mass is 251 g/mol. The summed E-state index contributed by atoms with van der Waals surface area (Å²) in [6.07, 6.45) is 0. The lowest BCUT2D eigenvalue weighted by molar-refractivity contribution is 0.140. The molecule has 1 rings (SSSR count). The van der Waals surface area contributed by atoms with Gasteiger partial charge in [0.1, 0.15) is 6.61 Å². The summed E-state index contributed by atoms with van der Waals surface area (Å²) >= 11 is 0. The summed E-state index contributed by atoms with van der Waals surface area (Å²) in [6.45, 7) is 10.4. The summed E-state index contributed by atoms with van der Waals surface area (Å²) in [5.74, 6) is 1.60. The Bertz CT molecular complexity index is 342. The Balaban J connectivity index is 2.50. The summed E-state index contributed by atoms with van der Waals surface area (Å²) in [7, 11) is 1.66. The van der Waals surface area contributed by atoms with Crippen LogP contribution in [0.25, 0.3) is 0 Å². The minimum atomic E-state index is 0.534. The van der Waals surface area contributed by atoms with Crippen LogP contribution in [-0.4, -0.2) is 37.2 Å². The molecule has 0 fully saturated rings. The highest BCUT2D eigenvalue weighted by Gasteiger charge is 2.13. The van der Waals surface area contributed by atoms with Crippen LogP contribution in [0.4, 0.5) is 0 Å². The van der Waals surface area contributed by atoms with Crippen LogP contribution in [0.2, 0.25) is 0 Å². The van der Waals surface area contributed by atoms with Crippen LogP contribution >= 0.6 is 0 Å². The van der Waals surface area contributed by atoms with Crippen LogP contribution in [0, 0.1) is 0 Å². The highest BCUT2D eigenvalue weighted by atomic mass is 16.5. The first-order chi connectivity index (χ1) is 8.56. The third-order valence-electron chi connectivity index (χ3n) is 3.00. The number of methoxy groups -OCH3 is 1. The molecule has 3 nitrogen and oxygen atoms in total. The van der Waals surface area contributed by atoms with Crippen LogP contribution in [0.5, 0.6) is 11.5 Å². The number of ether oxygens (including phenoxy) is 2. The number of hydrogen-bond acceptors (Lipinski definition) is 3. The fourth-order valence-corrected chi connectivity index (χ4v) is 2.11. The molecule has 0 saturated heterocycles. The Morgan fingerprint density at radius 3 is 2.06 bits per heavy atom. The lowest BCUT2D eigenvalue weighted by Gasteiger charge is -2.30. The fourth-order valence-electron chi connectivity index (χ4n) is 2.11. The Labute approximate surface area is 111 Å². The van der Waals surface area contributed by atoms with Crippen molar-refractivity contribution < 1.29 is 9.47 Å². The molecule has 0 unspecified atom stereocenters. The summed E-state index contributed by atoms with van der Waals surface area (Å²) in [5.41, 5.74) is 0. The van der Waals surface area contributed by atoms with Gasteiger partial charge < -0.3 is 9.47 Å². The van der Waals surface area contributed by atoms with Gasteiger partial charge in [-0.1, -0.05) is 12.1 Å². The van der Waals surface area contributed by atoms with Gasteiger partial charge in [-0.05, 0) is 39.8 Å². The predicted molar refractivity (Wildman–Crippen MR) is 75.5 cm³/mol. The van der Waals surface area contributed by atoms with Crippen molar-refractivity contribution >= 4 is 0 Å². The summed E-state index contributed by atoms with van der Waals surface area (Å²) in [4.78, 5) is 2.41. The van der Waals surface area contributed by atoms with E-state index < -0.39 is 0 Å². The number of rotatable bonds is 7. The molecule has 0 aromatic heterocycles. The van der Waals surface area contributed by atoms with E-state index in [4.69, 9.17) is 9.47 Å². The van der Waals surface area contributed by atoms with Crippen molar-refractivity contribution in [1.29, 1.82) is 0 Å². The lowest BCUT2D eigenvalue weighted by Crippen LogP contribution is -2.39. The predicted octanol–water partition coefficient (Wildman–Crippen LogP) is 3.19. The molecule has 3 heteroatoms. The van der Waals surface area contributed by atoms with Gasteiger partial charge in [0.05, 0.1) is 7.11 Å². The number of para-hydroxylation sites is 2. The molecule has 1 aromatic carbocycles. The van der Waals surface area contributed by atoms with Gasteiger partial charge in [0.15, 0.2) is 11.5 Å². The van der Waals surface area contributed by atoms with Gasteiger partial charge in [0.2, 0.25) is 0 Å². The van der Waals surface area contributed by atoms with E-state index in [1.807, 2.05) is 24.3 Å². The van der Waals surface area contributed by atoms with Gasteiger partial charge >= 0.3 is 0 Å². The SMILES string of the molecule is COc1ccccc1OCCN(C(C)C)C(C)C. The molecular formula is C15H25NO2. The van der Waals surface area contributed by atoms with E-state index in [1.54, 1.807) is 7.11 Å². The Morgan fingerprint density at radius 1 is 1.00 bits per heavy atom. The fraction of sp³-hybridized carbons (Fsp3) is 0.600. The lowest BCUT2D eigenvalue weighted by atomic mass is 10.2. The largest absolute Gasteiger partial charge is 0.493 e. The van der Waals surface area contributed by atoms with Crippen molar-refractivity contribution in [2.75, 3.05) is 20.3 Å². The zero-order valence-corrected chi connectivity index (χ0v) is 12.1. The topological polar surface area (TPSA) is 21.7 Å². The van der Waals surface area contributed by atoms with Gasteiger partial charge in [0.25, 0.3) is 0 Å². The van der Waals surface area contributed by atoms with Crippen LogP contribution in [-0.2, 0) is 0 Å². The van der Waals surface area contributed by atoms with Gasteiger partial charge in [-0.3, -0.25) is 4.90 Å². The Morgan fingerprint density at radius 2 is 1.56 bits per heavy atom. The van der Waals surface area contributed by atoms with Crippen molar-refractivity contribution in [3.63, 3.8) is 0 Å². The molecule has 0 saturated carbocycles. The molecule has 0 aliphatic rings. The Kier molecular flexibility index (Phi) is 5.99. The second kappa shape index (κ2) is 7.27. The van der Waals surface area contributed by atoms with E-state index in [0.717, 1.165) is 18.0 Å². The van der Waals surface area contributed by atoms with E-state index in [9.17, 15) is 0 Å². The second-order valence-corrected chi connectivity index (χ2v) is 4.92. The van der Waals surface area contributed by atoms with Gasteiger partial charge in [-0.25, -0.2) is 0 Å². The minimum absolute atomic E-state index is 0.534. The second-order valence-electron chi connectivity index (χ2n) is 4.92. The van der Waals surface area contributed by atoms with E-state index in [0.29, 0.717) is 18.7 Å². The zero-order valence-electron chi connectivity index (χ0n) is 12.1. The van der Waals surface area contributed by atoms with Crippen LogP contribution in [0.1, 0.15) is 27.7 Å². The maximum atomic E-state index is 5.79. The first kappa shape index (κ1) is 14.8. The maximum absolute atomic E-state index is 5.79. The maximum Gasteiger partial charge on any atom is 0.161 e. The van der Waals surface area contributed by atoms with Crippen molar-refractivity contribution in [1.82, 2.24) is 4.90 Å². The molecule has 0 radical (unpaired) electrons. The molecule has 0 bridgehead atoms. The van der Waals surface area contributed by atoms with Gasteiger partial charge in [-0.15, -0.1) is 0 Å². The quantitative estimate of drug-likeness (QED) is 0.743. The van der Waals surface area contributed by atoms with E-state index in [2.05, 4.69) is 32.6 Å². The van der Waals surface area contributed by atoms with E-state index in [-0.39, 0.29) is 0 Å². The van der Waals surface area contributed by atoms with Gasteiger partial charge in [0, 0.05) is 18.6 Å². The van der Waals surface area contributed by atoms with Crippen molar-refractivity contribution in [2.45, 2.75) is 39.8 Å². The zero-order chi connectivity index (χ0) is 13.5. The summed E-state index contributed by atoms with van der Waals surface area (Å²) in [5, 5.41) is 0. The minimum Gasteiger partial charge on any atom is -0.493 e. The standard InChI is InChI=1S/C15H25NO2/c1-12(2)16(13(3)4)10-11-18-15-9-7-6-8-14(15)17-5/h6-9,12-13H,10-11H2,1-5H3. The summed E-state index contributed by atoms with van der Waals surface area (Å²) in [6, 6.07) is 8.82. The van der Waals surface area contributed by atoms with Crippen molar-refractivity contribution in [2.24, 2.45) is 0 Å². The average Bonchev–Trinajstić information content (AvgIpc) is 2.34. The van der Waals surface area contributed by atoms with Crippen LogP contribution in [0.15, 0.2) is 24.3 Å². The number of nitrogens with zero attached hydrogens (tertiary/aromatic N) is 1. The molecule has 0 atom stereocenters. The van der Waals surface area contributed by atoms with Crippen molar-refractivity contribution in [3.05, 3.63) is 24.3 Å². The molecule has 0 aliphatic heterocycles. The first-order valence-electron chi connectivity index (χ1n) is 6.57. The molecular weight excluding hydrogens is 226 g/mol. The van der Waals surface area contributed by atoms with E-state index >= 15 is 0 Å². The molecule has 0 N–H and O–H groups in total. The third-order valence-corrected chi connectivity index (χ3v) is 3.00. The third kappa shape index (κ3) is 4.22. The molecule has 0 aliphatic carbocycles. The van der Waals surface area contributed by atoms with Crippen LogP contribution in [0.3, 0.4) is 0 Å². The van der Waals surface area contributed by atoms with Crippen molar-refractivity contribution in [3.8, 4) is 11.5 Å². The highest BCUT2D eigenvalue weighted by Crippen LogP contribution is 2.25. The molecule has 0 heterocycles. The van der Waals surface area contributed by atoms with Gasteiger partial charge in [-0.2, -0.15) is 0 Å². The van der Waals surface area contributed by atoms with Crippen LogP contribution < -0.4 is 9.47 Å². The molecule has 102 valence electrons. The summed E-state index contributed by atoms with van der Waals surface area (Å²) < 4.78 is 11.1. The molecule has 0 spiro atoms. The average molecular weight is 251 g/mol. The highest BCUT2D eigenvalue weighted by molar-refractivity contribution is 5.39. The molecule has 18 heavy (non-hydrogen) atoms. The number of hydrogen-bond donors (Lipinski definition) is 0. The first-order valence-corrected chi connectivity index (χ1v) is 6.57. The Hall–Kier alpha value is -1.22. The smallest absolute Gasteiger partial charge is 0.161 e. The number of benzene rings is 1. The molecule has 0 amide bonds.